The number of methoxy groups -OCH3 is 2. The molecule has 1 aromatic heterocycles. The first-order chi connectivity index (χ1) is 18.5. The van der Waals surface area contributed by atoms with Gasteiger partial charge in [-0.3, -0.25) is 4.79 Å². The summed E-state index contributed by atoms with van der Waals surface area (Å²) in [5.74, 6) is 3.15. The first kappa shape index (κ1) is 27.2. The molecule has 1 heterocycles. The Labute approximate surface area is 233 Å². The first-order valence-electron chi connectivity index (χ1n) is 15.1. The number of aliphatic hydroxyl groups is 1. The standard InChI is InChI=1S/C32H47N3O4/c1-29(37)13-14-30(2)20(17-29)15-21(19-38-5)32(4)27-10-8-23(31(27,3)12-11-28(30)32)26(36)18-35-25-9-7-22(39-6)16-24(25)33-34-35/h7,9,16,20-21,23,27-28,37H,8,10-15,17-19H2,1-6H3/t20-,21-,23+,27+,28+,29+,30-,31+,32-/m0/s1. The predicted molar refractivity (Wildman–Crippen MR) is 150 cm³/mol. The molecule has 1 aromatic carbocycles. The number of nitrogens with zero attached hydrogens (tertiary/aromatic N) is 3. The summed E-state index contributed by atoms with van der Waals surface area (Å²) >= 11 is 0. The Morgan fingerprint density at radius 1 is 1.05 bits per heavy atom. The second kappa shape index (κ2) is 9.27. The maximum absolute atomic E-state index is 14.0. The first-order valence-corrected chi connectivity index (χ1v) is 15.1. The zero-order chi connectivity index (χ0) is 27.8. The average molecular weight is 538 g/mol. The molecule has 4 saturated carbocycles. The van der Waals surface area contributed by atoms with E-state index in [2.05, 4.69) is 31.1 Å². The predicted octanol–water partition coefficient (Wildman–Crippen LogP) is 5.68. The van der Waals surface area contributed by atoms with Crippen molar-refractivity contribution in [2.45, 2.75) is 91.2 Å². The Hall–Kier alpha value is -1.99. The molecule has 4 aliphatic rings. The van der Waals surface area contributed by atoms with E-state index in [0.717, 1.165) is 74.8 Å². The molecule has 0 saturated heterocycles. The minimum Gasteiger partial charge on any atom is -0.497 e. The van der Waals surface area contributed by atoms with Crippen LogP contribution in [0.25, 0.3) is 11.0 Å². The van der Waals surface area contributed by atoms with E-state index in [-0.39, 0.29) is 28.7 Å². The van der Waals surface area contributed by atoms with Crippen molar-refractivity contribution in [3.05, 3.63) is 18.2 Å². The van der Waals surface area contributed by atoms with Gasteiger partial charge in [0, 0.05) is 25.7 Å². The molecule has 0 radical (unpaired) electrons. The van der Waals surface area contributed by atoms with Gasteiger partial charge in [-0.2, -0.15) is 0 Å². The van der Waals surface area contributed by atoms with Gasteiger partial charge < -0.3 is 14.6 Å². The van der Waals surface area contributed by atoms with E-state index in [1.165, 1.54) is 0 Å². The Morgan fingerprint density at radius 3 is 2.56 bits per heavy atom. The molecule has 0 amide bonds. The third-order valence-electron chi connectivity index (χ3n) is 12.7. The molecule has 0 unspecified atom stereocenters. The molecule has 2 aromatic rings. The molecule has 0 aliphatic heterocycles. The molecule has 4 fully saturated rings. The van der Waals surface area contributed by atoms with Crippen molar-refractivity contribution in [3.63, 3.8) is 0 Å². The smallest absolute Gasteiger partial charge is 0.157 e. The van der Waals surface area contributed by atoms with Crippen LogP contribution in [0.1, 0.15) is 79.1 Å². The lowest BCUT2D eigenvalue weighted by molar-refractivity contribution is -0.219. The monoisotopic (exact) mass is 537 g/mol. The second-order valence-electron chi connectivity index (χ2n) is 14.5. The maximum Gasteiger partial charge on any atom is 0.157 e. The van der Waals surface area contributed by atoms with Crippen molar-refractivity contribution in [2.75, 3.05) is 20.8 Å². The summed E-state index contributed by atoms with van der Waals surface area (Å²) in [6, 6.07) is 5.72. The van der Waals surface area contributed by atoms with Gasteiger partial charge in [0.1, 0.15) is 17.8 Å². The lowest BCUT2D eigenvalue weighted by Gasteiger charge is -2.68. The third kappa shape index (κ3) is 4.00. The highest BCUT2D eigenvalue weighted by Gasteiger charge is 2.68. The topological polar surface area (TPSA) is 86.5 Å². The van der Waals surface area contributed by atoms with Gasteiger partial charge in [-0.1, -0.05) is 26.0 Å². The summed E-state index contributed by atoms with van der Waals surface area (Å²) in [5, 5.41) is 19.7. The number of rotatable bonds is 6. The van der Waals surface area contributed by atoms with E-state index in [0.29, 0.717) is 29.5 Å². The summed E-state index contributed by atoms with van der Waals surface area (Å²) in [7, 11) is 3.48. The van der Waals surface area contributed by atoms with Gasteiger partial charge in [-0.15, -0.1) is 5.10 Å². The van der Waals surface area contributed by atoms with Gasteiger partial charge in [-0.25, -0.2) is 4.68 Å². The Kier molecular flexibility index (Phi) is 6.46. The molecule has 39 heavy (non-hydrogen) atoms. The maximum atomic E-state index is 14.0. The second-order valence-corrected chi connectivity index (χ2v) is 14.5. The number of hydrogen-bond donors (Lipinski definition) is 1. The van der Waals surface area contributed by atoms with Crippen LogP contribution in [0.4, 0.5) is 0 Å². The lowest BCUT2D eigenvalue weighted by Crippen LogP contribution is -2.64. The lowest BCUT2D eigenvalue weighted by atomic mass is 9.36. The fourth-order valence-electron chi connectivity index (χ4n) is 10.7. The summed E-state index contributed by atoms with van der Waals surface area (Å²) in [6.45, 7) is 10.6. The van der Waals surface area contributed by atoms with E-state index >= 15 is 0 Å². The number of carbonyl (C=O) groups excluding carboxylic acids is 1. The molecule has 7 nitrogen and oxygen atoms in total. The molecule has 4 aliphatic carbocycles. The van der Waals surface area contributed by atoms with Gasteiger partial charge in [-0.05, 0) is 110 Å². The van der Waals surface area contributed by atoms with Crippen molar-refractivity contribution >= 4 is 16.8 Å². The van der Waals surface area contributed by atoms with Crippen molar-refractivity contribution in [1.29, 1.82) is 0 Å². The zero-order valence-electron chi connectivity index (χ0n) is 24.7. The molecule has 9 atom stereocenters. The number of Topliss-reactive ketones (excluding diaryl/α,β-unsaturated/α-hetero) is 1. The fourth-order valence-corrected chi connectivity index (χ4v) is 10.7. The number of benzene rings is 1. The minimum atomic E-state index is -0.555. The average Bonchev–Trinajstić information content (AvgIpc) is 3.46. The van der Waals surface area contributed by atoms with Crippen LogP contribution >= 0.6 is 0 Å². The van der Waals surface area contributed by atoms with Gasteiger partial charge in [0.15, 0.2) is 5.78 Å². The van der Waals surface area contributed by atoms with Crippen molar-refractivity contribution in [1.82, 2.24) is 15.0 Å². The van der Waals surface area contributed by atoms with Crippen molar-refractivity contribution in [2.24, 2.45) is 45.8 Å². The summed E-state index contributed by atoms with van der Waals surface area (Å²) in [4.78, 5) is 14.0. The van der Waals surface area contributed by atoms with Crippen LogP contribution in [0.3, 0.4) is 0 Å². The van der Waals surface area contributed by atoms with E-state index in [1.807, 2.05) is 32.2 Å². The number of carbonyl (C=O) groups is 1. The number of aromatic nitrogens is 3. The molecule has 7 heteroatoms. The van der Waals surface area contributed by atoms with E-state index in [4.69, 9.17) is 9.47 Å². The van der Waals surface area contributed by atoms with Crippen LogP contribution in [0, 0.1) is 45.8 Å². The Morgan fingerprint density at radius 2 is 1.82 bits per heavy atom. The van der Waals surface area contributed by atoms with Crippen LogP contribution in [0.2, 0.25) is 0 Å². The number of ether oxygens (including phenoxy) is 2. The minimum absolute atomic E-state index is 0.0166. The number of hydrogen-bond acceptors (Lipinski definition) is 6. The van der Waals surface area contributed by atoms with Gasteiger partial charge in [0.2, 0.25) is 0 Å². The Bertz CT molecular complexity index is 1260. The molecule has 1 N–H and O–H groups in total. The SMILES string of the molecule is COC[C@@H]1C[C@H]2C[C@](C)(O)CC[C@]2(C)[C@H]2CC[C@]3(C)[C@@H](C(=O)Cn4nnc5cc(OC)ccc54)CC[C@H]3[C@]12C. The van der Waals surface area contributed by atoms with Gasteiger partial charge in [0.25, 0.3) is 0 Å². The largest absolute Gasteiger partial charge is 0.497 e. The van der Waals surface area contributed by atoms with Crippen LogP contribution in [0.15, 0.2) is 18.2 Å². The van der Waals surface area contributed by atoms with E-state index in [1.54, 1.807) is 11.8 Å². The highest BCUT2D eigenvalue weighted by molar-refractivity contribution is 5.84. The fraction of sp³-hybridized carbons (Fsp3) is 0.781. The molecule has 0 bridgehead atoms. The quantitative estimate of drug-likeness (QED) is 0.510. The third-order valence-corrected chi connectivity index (χ3v) is 12.7. The van der Waals surface area contributed by atoms with Crippen LogP contribution in [-0.2, 0) is 16.1 Å². The van der Waals surface area contributed by atoms with Crippen molar-refractivity contribution < 1.29 is 19.4 Å². The molecule has 214 valence electrons. The summed E-state index contributed by atoms with van der Waals surface area (Å²) in [5.41, 5.74) is 1.43. The highest BCUT2D eigenvalue weighted by Crippen LogP contribution is 2.74. The summed E-state index contributed by atoms with van der Waals surface area (Å²) < 4.78 is 13.0. The molecule has 0 spiro atoms. The van der Waals surface area contributed by atoms with E-state index in [9.17, 15) is 9.90 Å². The van der Waals surface area contributed by atoms with Gasteiger partial charge >= 0.3 is 0 Å². The number of fused-ring (bicyclic) bond motifs is 6. The molecular formula is C32H47N3O4. The highest BCUT2D eigenvalue weighted by atomic mass is 16.5. The van der Waals surface area contributed by atoms with Gasteiger partial charge in [0.05, 0.1) is 18.2 Å². The Balaban J connectivity index is 1.29. The van der Waals surface area contributed by atoms with E-state index < -0.39 is 5.60 Å². The molecule has 6 rings (SSSR count). The zero-order valence-corrected chi connectivity index (χ0v) is 24.7. The summed E-state index contributed by atoms with van der Waals surface area (Å²) in [6.07, 6.45) is 8.33. The van der Waals surface area contributed by atoms with Crippen LogP contribution in [-0.4, -0.2) is 52.3 Å². The molecular weight excluding hydrogens is 490 g/mol. The normalized spacial score (nSPS) is 43.5. The van der Waals surface area contributed by atoms with Crippen LogP contribution in [0.5, 0.6) is 5.75 Å². The van der Waals surface area contributed by atoms with Crippen molar-refractivity contribution in [3.8, 4) is 5.75 Å². The van der Waals surface area contributed by atoms with Crippen LogP contribution < -0.4 is 4.74 Å². The number of ketones is 1.